The molecule has 0 bridgehead atoms. The second kappa shape index (κ2) is 4.91. The quantitative estimate of drug-likeness (QED) is 0.792. The van der Waals surface area contributed by atoms with Crippen molar-refractivity contribution in [2.24, 2.45) is 0 Å². The lowest BCUT2D eigenvalue weighted by Gasteiger charge is -2.09. The molecule has 1 aromatic heterocycles. The highest BCUT2D eigenvalue weighted by molar-refractivity contribution is 7.80. The van der Waals surface area contributed by atoms with Crippen molar-refractivity contribution in [1.82, 2.24) is 9.78 Å². The van der Waals surface area contributed by atoms with Gasteiger partial charge >= 0.3 is 0 Å². The normalized spacial score (nSPS) is 10.2. The van der Waals surface area contributed by atoms with Crippen LogP contribution in [0.5, 0.6) is 0 Å². The SMILES string of the molecule is Nc1ccn(C(=S)Nc2ccc(Cl)cc2Cl)n1. The monoisotopic (exact) mass is 286 g/mol. The van der Waals surface area contributed by atoms with Crippen molar-refractivity contribution in [2.75, 3.05) is 11.1 Å². The fourth-order valence-electron chi connectivity index (χ4n) is 1.21. The molecule has 3 N–H and O–H groups in total. The zero-order valence-corrected chi connectivity index (χ0v) is 10.9. The average molecular weight is 287 g/mol. The summed E-state index contributed by atoms with van der Waals surface area (Å²) in [6.45, 7) is 0. The van der Waals surface area contributed by atoms with Crippen LogP contribution in [0.2, 0.25) is 10.0 Å². The van der Waals surface area contributed by atoms with E-state index in [9.17, 15) is 0 Å². The average Bonchev–Trinajstić information content (AvgIpc) is 2.69. The number of hydrogen-bond acceptors (Lipinski definition) is 3. The smallest absolute Gasteiger partial charge is 0.198 e. The molecule has 2 aromatic rings. The molecule has 1 aromatic carbocycles. The number of aromatic nitrogens is 2. The maximum Gasteiger partial charge on any atom is 0.198 e. The van der Waals surface area contributed by atoms with Crippen molar-refractivity contribution in [3.8, 4) is 0 Å². The predicted octanol–water partition coefficient (Wildman–Crippen LogP) is 3.02. The molecule has 17 heavy (non-hydrogen) atoms. The molecule has 0 aliphatic carbocycles. The maximum absolute atomic E-state index is 6.01. The van der Waals surface area contributed by atoms with Crippen LogP contribution < -0.4 is 11.1 Å². The number of nitrogens with zero attached hydrogens (tertiary/aromatic N) is 2. The third-order valence-corrected chi connectivity index (χ3v) is 2.83. The third kappa shape index (κ3) is 2.88. The van der Waals surface area contributed by atoms with E-state index in [1.165, 1.54) is 4.68 Å². The summed E-state index contributed by atoms with van der Waals surface area (Å²) in [7, 11) is 0. The summed E-state index contributed by atoms with van der Waals surface area (Å²) in [4.78, 5) is 0. The van der Waals surface area contributed by atoms with Crippen LogP contribution in [0.4, 0.5) is 11.5 Å². The highest BCUT2D eigenvalue weighted by Gasteiger charge is 2.05. The van der Waals surface area contributed by atoms with Crippen molar-refractivity contribution >= 4 is 52.0 Å². The summed E-state index contributed by atoms with van der Waals surface area (Å²) >= 11 is 17.0. The van der Waals surface area contributed by atoms with Gasteiger partial charge in [0.1, 0.15) is 5.82 Å². The van der Waals surface area contributed by atoms with Crippen molar-refractivity contribution in [2.45, 2.75) is 0 Å². The van der Waals surface area contributed by atoms with E-state index in [0.717, 1.165) is 0 Å². The molecule has 4 nitrogen and oxygen atoms in total. The number of rotatable bonds is 1. The highest BCUT2D eigenvalue weighted by atomic mass is 35.5. The molecule has 2 rings (SSSR count). The number of thiocarbonyl (C=S) groups is 1. The Hall–Kier alpha value is -1.30. The molecule has 7 heteroatoms. The van der Waals surface area contributed by atoms with Crippen molar-refractivity contribution in [3.05, 3.63) is 40.5 Å². The van der Waals surface area contributed by atoms with Gasteiger partial charge in [-0.3, -0.25) is 0 Å². The molecule has 0 spiro atoms. The van der Waals surface area contributed by atoms with Crippen LogP contribution in [0, 0.1) is 0 Å². The molecule has 0 aliphatic rings. The molecular weight excluding hydrogens is 279 g/mol. The summed E-state index contributed by atoms with van der Waals surface area (Å²) in [6, 6.07) is 6.74. The van der Waals surface area contributed by atoms with Gasteiger partial charge in [-0.25, -0.2) is 4.68 Å². The van der Waals surface area contributed by atoms with E-state index in [1.54, 1.807) is 30.5 Å². The van der Waals surface area contributed by atoms with Crippen LogP contribution in [-0.2, 0) is 0 Å². The second-order valence-electron chi connectivity index (χ2n) is 3.24. The van der Waals surface area contributed by atoms with Crippen LogP contribution in [0.3, 0.4) is 0 Å². The van der Waals surface area contributed by atoms with E-state index in [1.807, 2.05) is 0 Å². The standard InChI is InChI=1S/C10H8Cl2N4S/c11-6-1-2-8(7(12)5-6)14-10(17)16-4-3-9(13)15-16/h1-5H,(H2,13,15)(H,14,17). The molecule has 0 radical (unpaired) electrons. The number of benzene rings is 1. The third-order valence-electron chi connectivity index (χ3n) is 1.99. The van der Waals surface area contributed by atoms with Gasteiger partial charge in [-0.15, -0.1) is 5.10 Å². The zero-order valence-electron chi connectivity index (χ0n) is 8.52. The Morgan fingerprint density at radius 1 is 1.35 bits per heavy atom. The fourth-order valence-corrected chi connectivity index (χ4v) is 1.88. The molecule has 0 atom stereocenters. The number of nitrogens with two attached hydrogens (primary N) is 1. The van der Waals surface area contributed by atoms with E-state index in [0.29, 0.717) is 26.7 Å². The number of halogens is 2. The largest absolute Gasteiger partial charge is 0.382 e. The van der Waals surface area contributed by atoms with Crippen LogP contribution in [-0.4, -0.2) is 14.9 Å². The van der Waals surface area contributed by atoms with Gasteiger partial charge in [-0.05, 0) is 30.4 Å². The Kier molecular flexibility index (Phi) is 3.51. The van der Waals surface area contributed by atoms with Gasteiger partial charge in [0.15, 0.2) is 5.11 Å². The Morgan fingerprint density at radius 3 is 2.71 bits per heavy atom. The van der Waals surface area contributed by atoms with Gasteiger partial charge in [-0.2, -0.15) is 0 Å². The fraction of sp³-hybridized carbons (Fsp3) is 0. The Bertz CT molecular complexity index is 567. The van der Waals surface area contributed by atoms with Gasteiger partial charge < -0.3 is 11.1 Å². The van der Waals surface area contributed by atoms with E-state index < -0.39 is 0 Å². The highest BCUT2D eigenvalue weighted by Crippen LogP contribution is 2.25. The lowest BCUT2D eigenvalue weighted by molar-refractivity contribution is 0.953. The number of anilines is 2. The molecule has 0 unspecified atom stereocenters. The first-order valence-electron chi connectivity index (χ1n) is 4.64. The van der Waals surface area contributed by atoms with E-state index in [4.69, 9.17) is 41.2 Å². The second-order valence-corrected chi connectivity index (χ2v) is 4.47. The first-order chi connectivity index (χ1) is 8.06. The molecule has 88 valence electrons. The Labute approximate surface area is 113 Å². The van der Waals surface area contributed by atoms with Gasteiger partial charge in [0.05, 0.1) is 10.7 Å². The Morgan fingerprint density at radius 2 is 2.12 bits per heavy atom. The van der Waals surface area contributed by atoms with Crippen LogP contribution in [0.25, 0.3) is 0 Å². The van der Waals surface area contributed by atoms with E-state index >= 15 is 0 Å². The molecule has 0 saturated carbocycles. The minimum atomic E-state index is 0.380. The molecule has 0 amide bonds. The summed E-state index contributed by atoms with van der Waals surface area (Å²) < 4.78 is 1.45. The molecular formula is C10H8Cl2N4S. The van der Waals surface area contributed by atoms with Crippen molar-refractivity contribution in [3.63, 3.8) is 0 Å². The minimum absolute atomic E-state index is 0.380. The van der Waals surface area contributed by atoms with Crippen molar-refractivity contribution in [1.29, 1.82) is 0 Å². The van der Waals surface area contributed by atoms with Gasteiger partial charge in [0.2, 0.25) is 0 Å². The van der Waals surface area contributed by atoms with Crippen molar-refractivity contribution < 1.29 is 0 Å². The van der Waals surface area contributed by atoms with Crippen LogP contribution in [0.15, 0.2) is 30.5 Å². The van der Waals surface area contributed by atoms with Gasteiger partial charge in [-0.1, -0.05) is 23.2 Å². The predicted molar refractivity (Wildman–Crippen MR) is 74.7 cm³/mol. The number of hydrogen-bond donors (Lipinski definition) is 2. The zero-order chi connectivity index (χ0) is 12.4. The molecule has 0 aliphatic heterocycles. The lowest BCUT2D eigenvalue weighted by atomic mass is 10.3. The summed E-state index contributed by atoms with van der Waals surface area (Å²) in [5.41, 5.74) is 6.16. The lowest BCUT2D eigenvalue weighted by Crippen LogP contribution is -2.19. The summed E-state index contributed by atoms with van der Waals surface area (Å²) in [5, 5.41) is 8.36. The Balaban J connectivity index is 2.18. The molecule has 0 fully saturated rings. The number of nitrogen functional groups attached to an aromatic ring is 1. The topological polar surface area (TPSA) is 55.9 Å². The number of nitrogens with one attached hydrogen (secondary N) is 1. The first kappa shape index (κ1) is 12.2. The van der Waals surface area contributed by atoms with E-state index in [2.05, 4.69) is 10.4 Å². The van der Waals surface area contributed by atoms with Crippen LogP contribution >= 0.6 is 35.4 Å². The summed E-state index contributed by atoms with van der Waals surface area (Å²) in [6.07, 6.45) is 1.66. The van der Waals surface area contributed by atoms with E-state index in [-0.39, 0.29) is 0 Å². The van der Waals surface area contributed by atoms with Gasteiger partial charge in [0, 0.05) is 17.3 Å². The molecule has 1 heterocycles. The van der Waals surface area contributed by atoms with Gasteiger partial charge in [0.25, 0.3) is 0 Å². The van der Waals surface area contributed by atoms with Crippen LogP contribution in [0.1, 0.15) is 0 Å². The maximum atomic E-state index is 6.01. The first-order valence-corrected chi connectivity index (χ1v) is 5.80. The minimum Gasteiger partial charge on any atom is -0.382 e. The molecule has 0 saturated heterocycles. The summed E-state index contributed by atoms with van der Waals surface area (Å²) in [5.74, 6) is 0.399.